The highest BCUT2D eigenvalue weighted by Crippen LogP contribution is 2.16. The van der Waals surface area contributed by atoms with Crippen molar-refractivity contribution >= 4 is 16.0 Å². The monoisotopic (exact) mass is 346 g/mol. The molecule has 8 nitrogen and oxygen atoms in total. The van der Waals surface area contributed by atoms with Crippen molar-refractivity contribution in [2.75, 3.05) is 4.72 Å². The fourth-order valence-electron chi connectivity index (χ4n) is 2.10. The first-order valence-corrected chi connectivity index (χ1v) is 9.01. The summed E-state index contributed by atoms with van der Waals surface area (Å²) in [5, 5.41) is 4.07. The highest BCUT2D eigenvalue weighted by atomic mass is 32.2. The maximum Gasteiger partial charge on any atom is 0.283 e. The van der Waals surface area contributed by atoms with E-state index >= 15 is 0 Å². The van der Waals surface area contributed by atoms with E-state index in [4.69, 9.17) is 0 Å². The molecule has 1 N–H and O–H groups in total. The van der Waals surface area contributed by atoms with E-state index in [1.165, 1.54) is 23.5 Å². The van der Waals surface area contributed by atoms with E-state index < -0.39 is 10.0 Å². The van der Waals surface area contributed by atoms with Gasteiger partial charge in [0.2, 0.25) is 0 Å². The summed E-state index contributed by atoms with van der Waals surface area (Å²) >= 11 is 0. The van der Waals surface area contributed by atoms with Crippen molar-refractivity contribution in [2.45, 2.75) is 31.3 Å². The number of nitrogens with one attached hydrogen (secondary N) is 1. The second-order valence-electron chi connectivity index (χ2n) is 5.37. The summed E-state index contributed by atoms with van der Waals surface area (Å²) < 4.78 is 30.4. The normalized spacial score (nSPS) is 12.9. The van der Waals surface area contributed by atoms with Crippen molar-refractivity contribution in [3.8, 4) is 5.69 Å². The van der Waals surface area contributed by atoms with Crippen molar-refractivity contribution in [3.05, 3.63) is 49.2 Å². The zero-order valence-electron chi connectivity index (χ0n) is 13.4. The Kier molecular flexibility index (Phi) is 4.34. The van der Waals surface area contributed by atoms with Gasteiger partial charge in [-0.05, 0) is 25.5 Å². The number of aromatic nitrogens is 5. The lowest BCUT2D eigenvalue weighted by atomic mass is 10.3. The smallest absolute Gasteiger partial charge is 0.283 e. The van der Waals surface area contributed by atoms with Crippen LogP contribution in [-0.2, 0) is 10.0 Å². The Morgan fingerprint density at radius 3 is 2.62 bits per heavy atom. The van der Waals surface area contributed by atoms with Crippen molar-refractivity contribution in [3.63, 3.8) is 0 Å². The first kappa shape index (κ1) is 16.2. The Bertz CT molecular complexity index is 916. The molecular formula is C15H18N6O2S. The Labute approximate surface area is 140 Å². The molecule has 0 saturated heterocycles. The lowest BCUT2D eigenvalue weighted by Gasteiger charge is -2.08. The molecule has 2 aromatic heterocycles. The van der Waals surface area contributed by atoms with Gasteiger partial charge in [-0.2, -0.15) is 13.4 Å². The molecule has 0 aliphatic heterocycles. The van der Waals surface area contributed by atoms with Crippen molar-refractivity contribution in [1.82, 2.24) is 24.3 Å². The number of hydrogen-bond acceptors (Lipinski definition) is 5. The van der Waals surface area contributed by atoms with E-state index in [1.807, 2.05) is 44.2 Å². The van der Waals surface area contributed by atoms with Crippen LogP contribution >= 0.6 is 0 Å². The number of hydrogen-bond donors (Lipinski definition) is 1. The van der Waals surface area contributed by atoms with Crippen LogP contribution in [0.5, 0.6) is 0 Å². The molecule has 1 atom stereocenters. The van der Waals surface area contributed by atoms with Crippen LogP contribution < -0.4 is 4.72 Å². The summed E-state index contributed by atoms with van der Waals surface area (Å²) in [4.78, 5) is 7.96. The third-order valence-corrected chi connectivity index (χ3v) is 4.90. The molecule has 0 aliphatic rings. The fraction of sp³-hybridized carbons (Fsp3) is 0.267. The van der Waals surface area contributed by atoms with Crippen LogP contribution in [0.15, 0.2) is 54.2 Å². The predicted octanol–water partition coefficient (Wildman–Crippen LogP) is 2.24. The molecule has 0 bridgehead atoms. The van der Waals surface area contributed by atoms with Crippen LogP contribution in [0.25, 0.3) is 5.69 Å². The van der Waals surface area contributed by atoms with Gasteiger partial charge in [0.05, 0.1) is 12.0 Å². The Hall–Kier alpha value is -2.68. The van der Waals surface area contributed by atoms with Crippen LogP contribution in [-0.4, -0.2) is 32.7 Å². The second-order valence-corrected chi connectivity index (χ2v) is 7.00. The number of para-hydroxylation sites is 1. The number of imidazole rings is 1. The van der Waals surface area contributed by atoms with Crippen LogP contribution in [0.2, 0.25) is 0 Å². The van der Waals surface area contributed by atoms with E-state index in [0.29, 0.717) is 0 Å². The van der Waals surface area contributed by atoms with Crippen LogP contribution in [0, 0.1) is 0 Å². The number of rotatable bonds is 6. The number of benzene rings is 1. The lowest BCUT2D eigenvalue weighted by Crippen LogP contribution is -2.15. The summed E-state index contributed by atoms with van der Waals surface area (Å²) in [5.41, 5.74) is 0.788. The molecule has 1 aromatic carbocycles. The van der Waals surface area contributed by atoms with Gasteiger partial charge >= 0.3 is 0 Å². The minimum atomic E-state index is -3.82. The van der Waals surface area contributed by atoms with Gasteiger partial charge in [0, 0.05) is 12.2 Å². The first-order chi connectivity index (χ1) is 11.5. The van der Waals surface area contributed by atoms with Crippen LogP contribution in [0.3, 0.4) is 0 Å². The lowest BCUT2D eigenvalue weighted by molar-refractivity contribution is 0.529. The molecule has 3 aromatic rings. The van der Waals surface area contributed by atoms with E-state index in [2.05, 4.69) is 19.8 Å². The van der Waals surface area contributed by atoms with Gasteiger partial charge in [-0.1, -0.05) is 25.1 Å². The zero-order chi connectivity index (χ0) is 17.2. The molecule has 2 heterocycles. The molecule has 0 aliphatic carbocycles. The number of sulfonamides is 1. The maximum absolute atomic E-state index is 12.4. The van der Waals surface area contributed by atoms with Gasteiger partial charge in [-0.3, -0.25) is 0 Å². The minimum Gasteiger partial charge on any atom is -0.333 e. The van der Waals surface area contributed by atoms with Gasteiger partial charge in [0.1, 0.15) is 6.33 Å². The van der Waals surface area contributed by atoms with Crippen molar-refractivity contribution < 1.29 is 8.42 Å². The van der Waals surface area contributed by atoms with Gasteiger partial charge in [-0.25, -0.2) is 14.4 Å². The molecule has 0 unspecified atom stereocenters. The molecule has 0 saturated carbocycles. The van der Waals surface area contributed by atoms with Gasteiger partial charge in [-0.15, -0.1) is 5.10 Å². The van der Waals surface area contributed by atoms with Gasteiger partial charge in [0.25, 0.3) is 16.0 Å². The highest BCUT2D eigenvalue weighted by molar-refractivity contribution is 7.92. The average molecular weight is 346 g/mol. The summed E-state index contributed by atoms with van der Waals surface area (Å²) in [6.07, 6.45) is 5.35. The molecule has 126 valence electrons. The zero-order valence-corrected chi connectivity index (χ0v) is 14.2. The summed E-state index contributed by atoms with van der Waals surface area (Å²) in [6.45, 7) is 4.02. The fourth-order valence-corrected chi connectivity index (χ4v) is 2.98. The predicted molar refractivity (Wildman–Crippen MR) is 89.4 cm³/mol. The molecule has 0 radical (unpaired) electrons. The van der Waals surface area contributed by atoms with Gasteiger partial charge in [0.15, 0.2) is 5.03 Å². The molecule has 0 fully saturated rings. The SMILES string of the molecule is CC[C@H](C)n1cnc(S(=O)(=O)Nc2ncn(-c3ccccc3)n2)c1. The first-order valence-electron chi connectivity index (χ1n) is 7.53. The summed E-state index contributed by atoms with van der Waals surface area (Å²) in [7, 11) is -3.82. The third-order valence-electron chi connectivity index (χ3n) is 3.69. The molecule has 3 rings (SSSR count). The highest BCUT2D eigenvalue weighted by Gasteiger charge is 2.20. The van der Waals surface area contributed by atoms with E-state index in [0.717, 1.165) is 12.1 Å². The summed E-state index contributed by atoms with van der Waals surface area (Å²) in [6, 6.07) is 9.49. The van der Waals surface area contributed by atoms with E-state index in [9.17, 15) is 8.42 Å². The maximum atomic E-state index is 12.4. The Morgan fingerprint density at radius 1 is 1.17 bits per heavy atom. The largest absolute Gasteiger partial charge is 0.333 e. The summed E-state index contributed by atoms with van der Waals surface area (Å²) in [5.74, 6) is -0.00283. The molecular weight excluding hydrogens is 328 g/mol. The minimum absolute atomic E-state index is 0.00283. The Balaban J connectivity index is 1.80. The van der Waals surface area contributed by atoms with Crippen LogP contribution in [0.1, 0.15) is 26.3 Å². The molecule has 0 amide bonds. The van der Waals surface area contributed by atoms with Crippen LogP contribution in [0.4, 0.5) is 5.95 Å². The quantitative estimate of drug-likeness (QED) is 0.738. The van der Waals surface area contributed by atoms with E-state index in [-0.39, 0.29) is 17.0 Å². The molecule has 0 spiro atoms. The molecule has 24 heavy (non-hydrogen) atoms. The van der Waals surface area contributed by atoms with Gasteiger partial charge < -0.3 is 4.57 Å². The number of nitrogens with zero attached hydrogens (tertiary/aromatic N) is 5. The Morgan fingerprint density at radius 2 is 1.92 bits per heavy atom. The third kappa shape index (κ3) is 3.30. The van der Waals surface area contributed by atoms with Crippen molar-refractivity contribution in [1.29, 1.82) is 0 Å². The molecule has 9 heteroatoms. The van der Waals surface area contributed by atoms with Crippen molar-refractivity contribution in [2.24, 2.45) is 0 Å². The topological polar surface area (TPSA) is 94.7 Å². The number of anilines is 1. The second kappa shape index (κ2) is 6.44. The van der Waals surface area contributed by atoms with E-state index in [1.54, 1.807) is 4.57 Å². The standard InChI is InChI=1S/C15H18N6O2S/c1-3-12(2)20-9-14(16-10-20)24(22,23)19-15-17-11-21(18-15)13-7-5-4-6-8-13/h4-12H,3H2,1-2H3,(H,18,19)/t12-/m0/s1. The average Bonchev–Trinajstić information content (AvgIpc) is 3.24.